The van der Waals surface area contributed by atoms with E-state index >= 15 is 0 Å². The Bertz CT molecular complexity index is 1460. The average molecular weight is 610 g/mol. The van der Waals surface area contributed by atoms with Crippen molar-refractivity contribution in [3.63, 3.8) is 0 Å². The van der Waals surface area contributed by atoms with Crippen LogP contribution in [0.1, 0.15) is 90.1 Å². The monoisotopic (exact) mass is 609 g/mol. The van der Waals surface area contributed by atoms with Crippen LogP contribution >= 0.6 is 0 Å². The molecule has 2 aliphatic heterocycles. The maximum atomic E-state index is 13.1. The maximum absolute atomic E-state index is 13.1. The molecule has 1 aliphatic carbocycles. The van der Waals surface area contributed by atoms with Crippen molar-refractivity contribution >= 4 is 34.7 Å². The lowest BCUT2D eigenvalue weighted by Crippen LogP contribution is -2.39. The van der Waals surface area contributed by atoms with E-state index < -0.39 is 5.91 Å². The molecule has 3 heterocycles. The number of amides is 1. The average Bonchev–Trinajstić information content (AvgIpc) is 3.61. The highest BCUT2D eigenvalue weighted by molar-refractivity contribution is 5.97. The predicted molar refractivity (Wildman–Crippen MR) is 181 cm³/mol. The van der Waals surface area contributed by atoms with Gasteiger partial charge in [0.25, 0.3) is 5.91 Å². The minimum atomic E-state index is -0.621. The van der Waals surface area contributed by atoms with Crippen molar-refractivity contribution in [1.82, 2.24) is 14.9 Å². The second kappa shape index (κ2) is 14.0. The standard InChI is InChI=1S/C36H47N7O2/c1-41(2)30-15-11-28(12-16-30)32(44)22-25-6-5-19-43(24-25)33-23-38-34(35(37)45)36(40-33)39-29-13-9-26(10-14-29)27-17-20-42(21-18-27)31-7-3-4-8-31/h9-16,23,25,27,31H,3-8,17-22,24H2,1-2H3,(H2,37,45)(H,39,40)/t25-/m0/s1. The SMILES string of the molecule is CN(C)c1ccc(C(=O)C[C@@H]2CCCN(c3cnc(C(N)=O)c(Nc4ccc(C5CCN(C6CCCC6)CC5)cc4)n3)C2)cc1. The molecule has 0 unspecified atom stereocenters. The third-order valence-corrected chi connectivity index (χ3v) is 10.0. The number of anilines is 4. The van der Waals surface area contributed by atoms with Gasteiger partial charge in [0.05, 0.1) is 6.20 Å². The fourth-order valence-corrected chi connectivity index (χ4v) is 7.41. The van der Waals surface area contributed by atoms with Crippen LogP contribution in [0.4, 0.5) is 23.0 Å². The number of nitrogens with zero attached hydrogens (tertiary/aromatic N) is 5. The van der Waals surface area contributed by atoms with E-state index in [2.05, 4.69) is 44.4 Å². The maximum Gasteiger partial charge on any atom is 0.271 e. The summed E-state index contributed by atoms with van der Waals surface area (Å²) in [5, 5.41) is 3.32. The number of aromatic nitrogens is 2. The first-order valence-electron chi connectivity index (χ1n) is 16.7. The molecule has 3 N–H and O–H groups in total. The smallest absolute Gasteiger partial charge is 0.271 e. The fourth-order valence-electron chi connectivity index (χ4n) is 7.41. The lowest BCUT2D eigenvalue weighted by atomic mass is 9.88. The van der Waals surface area contributed by atoms with E-state index in [1.807, 2.05) is 43.3 Å². The third-order valence-electron chi connectivity index (χ3n) is 10.0. The summed E-state index contributed by atoms with van der Waals surface area (Å²) in [6.07, 6.45) is 12.0. The van der Waals surface area contributed by atoms with Crippen molar-refractivity contribution in [1.29, 1.82) is 0 Å². The Labute approximate surface area is 267 Å². The van der Waals surface area contributed by atoms with Gasteiger partial charge in [0.2, 0.25) is 0 Å². The molecule has 6 rings (SSSR count). The first-order chi connectivity index (χ1) is 21.8. The van der Waals surface area contributed by atoms with Crippen molar-refractivity contribution in [2.24, 2.45) is 11.7 Å². The molecule has 3 aromatic rings. The van der Waals surface area contributed by atoms with Gasteiger partial charge in [-0.25, -0.2) is 9.97 Å². The summed E-state index contributed by atoms with van der Waals surface area (Å²) in [5.74, 6) is 1.37. The Morgan fingerprint density at radius 2 is 1.62 bits per heavy atom. The highest BCUT2D eigenvalue weighted by Gasteiger charge is 2.28. The zero-order valence-electron chi connectivity index (χ0n) is 26.8. The largest absolute Gasteiger partial charge is 0.378 e. The molecule has 0 radical (unpaired) electrons. The highest BCUT2D eigenvalue weighted by Crippen LogP contribution is 2.34. The number of piperidine rings is 2. The molecule has 238 valence electrons. The van der Waals surface area contributed by atoms with Crippen LogP contribution in [0.15, 0.2) is 54.7 Å². The fraction of sp³-hybridized carbons (Fsp3) is 0.500. The molecule has 0 bridgehead atoms. The molecule has 1 amide bonds. The summed E-state index contributed by atoms with van der Waals surface area (Å²) in [5.41, 5.74) is 9.84. The number of Topliss-reactive ketones (excluding diaryl/α,β-unsaturated/α-hetero) is 1. The number of hydrogen-bond donors (Lipinski definition) is 2. The van der Waals surface area contributed by atoms with E-state index in [1.165, 1.54) is 57.2 Å². The van der Waals surface area contributed by atoms with Crippen LogP contribution in [0.2, 0.25) is 0 Å². The number of carbonyl (C=O) groups excluding carboxylic acids is 2. The van der Waals surface area contributed by atoms with Gasteiger partial charge in [-0.1, -0.05) is 25.0 Å². The molecule has 3 aliphatic rings. The zero-order valence-corrected chi connectivity index (χ0v) is 26.8. The van der Waals surface area contributed by atoms with Gasteiger partial charge in [0, 0.05) is 56.6 Å². The van der Waals surface area contributed by atoms with Gasteiger partial charge in [-0.05, 0) is 105 Å². The second-order valence-electron chi connectivity index (χ2n) is 13.3. The lowest BCUT2D eigenvalue weighted by Gasteiger charge is -2.36. The van der Waals surface area contributed by atoms with Crippen molar-refractivity contribution in [2.45, 2.75) is 69.7 Å². The van der Waals surface area contributed by atoms with Crippen molar-refractivity contribution < 1.29 is 9.59 Å². The summed E-state index contributed by atoms with van der Waals surface area (Å²) < 4.78 is 0. The number of carbonyl (C=O) groups is 2. The molecule has 45 heavy (non-hydrogen) atoms. The molecular weight excluding hydrogens is 562 g/mol. The summed E-state index contributed by atoms with van der Waals surface area (Å²) in [6, 6.07) is 17.1. The minimum absolute atomic E-state index is 0.118. The Morgan fingerprint density at radius 3 is 2.29 bits per heavy atom. The lowest BCUT2D eigenvalue weighted by molar-refractivity contribution is 0.0954. The number of primary amides is 1. The Balaban J connectivity index is 1.09. The van der Waals surface area contributed by atoms with E-state index in [0.29, 0.717) is 30.5 Å². The van der Waals surface area contributed by atoms with Crippen molar-refractivity contribution in [2.75, 3.05) is 55.4 Å². The van der Waals surface area contributed by atoms with Crippen LogP contribution in [-0.2, 0) is 0 Å². The van der Waals surface area contributed by atoms with Crippen LogP contribution in [0.5, 0.6) is 0 Å². The van der Waals surface area contributed by atoms with Gasteiger partial charge in [-0.2, -0.15) is 0 Å². The van der Waals surface area contributed by atoms with E-state index in [1.54, 1.807) is 6.20 Å². The minimum Gasteiger partial charge on any atom is -0.378 e. The molecule has 1 atom stereocenters. The van der Waals surface area contributed by atoms with E-state index in [-0.39, 0.29) is 17.4 Å². The number of hydrogen-bond acceptors (Lipinski definition) is 8. The predicted octanol–water partition coefficient (Wildman–Crippen LogP) is 6.00. The Morgan fingerprint density at radius 1 is 0.911 bits per heavy atom. The van der Waals surface area contributed by atoms with Gasteiger partial charge in [-0.15, -0.1) is 0 Å². The van der Waals surface area contributed by atoms with Gasteiger partial charge in [0.15, 0.2) is 17.3 Å². The molecule has 9 heteroatoms. The van der Waals surface area contributed by atoms with Gasteiger partial charge < -0.3 is 25.8 Å². The van der Waals surface area contributed by atoms with Crippen molar-refractivity contribution in [3.8, 4) is 0 Å². The number of rotatable bonds is 10. The van der Waals surface area contributed by atoms with Gasteiger partial charge >= 0.3 is 0 Å². The summed E-state index contributed by atoms with van der Waals surface area (Å²) in [4.78, 5) is 41.5. The van der Waals surface area contributed by atoms with Crippen LogP contribution in [0.25, 0.3) is 0 Å². The quantitative estimate of drug-likeness (QED) is 0.270. The number of nitrogens with two attached hydrogens (primary N) is 1. The molecule has 1 saturated carbocycles. The topological polar surface area (TPSA) is 108 Å². The molecule has 9 nitrogen and oxygen atoms in total. The van der Waals surface area contributed by atoms with E-state index in [9.17, 15) is 9.59 Å². The third kappa shape index (κ3) is 7.47. The van der Waals surface area contributed by atoms with Gasteiger partial charge in [0.1, 0.15) is 5.82 Å². The van der Waals surface area contributed by atoms with Crippen LogP contribution in [0, 0.1) is 5.92 Å². The first kappa shape index (κ1) is 31.0. The summed E-state index contributed by atoms with van der Waals surface area (Å²) >= 11 is 0. The van der Waals surface area contributed by atoms with Crippen molar-refractivity contribution in [3.05, 3.63) is 71.5 Å². The van der Waals surface area contributed by atoms with Crippen LogP contribution in [-0.4, -0.2) is 72.9 Å². The number of nitrogens with one attached hydrogen (secondary N) is 1. The Hall–Kier alpha value is -3.98. The van der Waals surface area contributed by atoms with E-state index in [0.717, 1.165) is 42.4 Å². The number of ketones is 1. The van der Waals surface area contributed by atoms with Crippen LogP contribution in [0.3, 0.4) is 0 Å². The highest BCUT2D eigenvalue weighted by atomic mass is 16.1. The molecule has 3 fully saturated rings. The van der Waals surface area contributed by atoms with Gasteiger partial charge in [-0.3, -0.25) is 9.59 Å². The number of benzene rings is 2. The molecule has 2 aromatic carbocycles. The zero-order chi connectivity index (χ0) is 31.3. The van der Waals surface area contributed by atoms with Crippen LogP contribution < -0.4 is 20.9 Å². The van der Waals surface area contributed by atoms with E-state index in [4.69, 9.17) is 10.7 Å². The normalized spacial score (nSPS) is 19.9. The second-order valence-corrected chi connectivity index (χ2v) is 13.3. The summed E-state index contributed by atoms with van der Waals surface area (Å²) in [6.45, 7) is 3.91. The first-order valence-corrected chi connectivity index (χ1v) is 16.7. The molecule has 1 aromatic heterocycles. The molecule has 2 saturated heterocycles. The summed E-state index contributed by atoms with van der Waals surface area (Å²) in [7, 11) is 3.98. The number of likely N-dealkylation sites (tertiary alicyclic amines) is 1. The Kier molecular flexibility index (Phi) is 9.64. The molecule has 0 spiro atoms. The molecular formula is C36H47N7O2.